The molecule has 7 nitrogen and oxygen atoms in total. The van der Waals surface area contributed by atoms with Gasteiger partial charge in [0.2, 0.25) is 0 Å². The lowest BCUT2D eigenvalue weighted by Gasteiger charge is -2.38. The van der Waals surface area contributed by atoms with E-state index in [1.807, 2.05) is 0 Å². The Morgan fingerprint density at radius 1 is 0.667 bits per heavy atom. The van der Waals surface area contributed by atoms with E-state index in [0.717, 1.165) is 32.1 Å². The minimum absolute atomic E-state index is 0.0839. The lowest BCUT2D eigenvalue weighted by atomic mass is 10.1. The minimum atomic E-state index is -0.944. The monoisotopic (exact) mass is 386 g/mol. The van der Waals surface area contributed by atoms with Crippen LogP contribution in [0.5, 0.6) is 0 Å². The maximum Gasteiger partial charge on any atom is 0.309 e. The fraction of sp³-hybridized carbons (Fsp3) is 0.750. The van der Waals surface area contributed by atoms with Crippen molar-refractivity contribution in [3.8, 4) is 0 Å². The van der Waals surface area contributed by atoms with E-state index in [-0.39, 0.29) is 43.4 Å². The van der Waals surface area contributed by atoms with Gasteiger partial charge in [-0.15, -0.1) is 0 Å². The number of rotatable bonds is 18. The SMILES string of the molecule is CCCC/C=C/CCCCC[N+](CCC(=O)O)(CCC(=O)O)CCC(=O)O. The van der Waals surface area contributed by atoms with Crippen LogP contribution in [0.4, 0.5) is 0 Å². The van der Waals surface area contributed by atoms with E-state index >= 15 is 0 Å². The van der Waals surface area contributed by atoms with E-state index in [1.54, 1.807) is 0 Å². The second-order valence-electron chi connectivity index (χ2n) is 7.13. The van der Waals surface area contributed by atoms with Gasteiger partial charge in [0.1, 0.15) is 0 Å². The molecule has 0 aromatic heterocycles. The molecule has 0 amide bonds. The van der Waals surface area contributed by atoms with Gasteiger partial charge in [0.25, 0.3) is 0 Å². The number of allylic oxidation sites excluding steroid dienone is 2. The van der Waals surface area contributed by atoms with Gasteiger partial charge in [0, 0.05) is 0 Å². The standard InChI is InChI=1S/C20H35NO6/c1-2-3-4-5-6-7-8-9-10-14-21(15-11-18(22)23,16-12-19(24)25)17-13-20(26)27/h5-6H,2-4,7-17H2,1H3,(H2-,22,23,24,25,26,27)/p+1/b6-5+. The second kappa shape index (κ2) is 15.2. The van der Waals surface area contributed by atoms with Gasteiger partial charge in [0.15, 0.2) is 0 Å². The van der Waals surface area contributed by atoms with Crippen LogP contribution in [0.15, 0.2) is 12.2 Å². The number of quaternary nitrogens is 1. The summed E-state index contributed by atoms with van der Waals surface area (Å²) in [5.74, 6) is -2.83. The first-order valence-corrected chi connectivity index (χ1v) is 9.97. The molecule has 0 saturated heterocycles. The van der Waals surface area contributed by atoms with E-state index in [4.69, 9.17) is 15.3 Å². The fourth-order valence-electron chi connectivity index (χ4n) is 3.11. The summed E-state index contributed by atoms with van der Waals surface area (Å²) >= 11 is 0. The van der Waals surface area contributed by atoms with Crippen LogP contribution in [0.1, 0.15) is 71.1 Å². The van der Waals surface area contributed by atoms with Crippen LogP contribution in [0.2, 0.25) is 0 Å². The first kappa shape index (κ1) is 25.1. The molecule has 0 heterocycles. The number of unbranched alkanes of at least 4 members (excludes halogenated alkanes) is 5. The molecule has 0 aliphatic heterocycles. The minimum Gasteiger partial charge on any atom is -0.481 e. The predicted octanol–water partition coefficient (Wildman–Crippen LogP) is 3.53. The zero-order valence-corrected chi connectivity index (χ0v) is 16.6. The van der Waals surface area contributed by atoms with Crippen molar-refractivity contribution in [2.24, 2.45) is 0 Å². The molecule has 0 bridgehead atoms. The van der Waals surface area contributed by atoms with E-state index in [9.17, 15) is 14.4 Å². The van der Waals surface area contributed by atoms with Crippen molar-refractivity contribution in [2.45, 2.75) is 71.1 Å². The number of hydrogen-bond acceptors (Lipinski definition) is 3. The topological polar surface area (TPSA) is 112 Å². The number of hydrogen-bond donors (Lipinski definition) is 3. The molecule has 7 heteroatoms. The normalized spacial score (nSPS) is 11.7. The Hall–Kier alpha value is -1.89. The Morgan fingerprint density at radius 3 is 1.52 bits per heavy atom. The number of carboxylic acids is 3. The third kappa shape index (κ3) is 14.9. The zero-order valence-electron chi connectivity index (χ0n) is 16.6. The molecule has 0 rings (SSSR count). The number of carbonyl (C=O) groups is 3. The van der Waals surface area contributed by atoms with Crippen LogP contribution in [0.25, 0.3) is 0 Å². The summed E-state index contributed by atoms with van der Waals surface area (Å²) in [6.07, 6.45) is 11.5. The summed E-state index contributed by atoms with van der Waals surface area (Å²) in [6, 6.07) is 0. The van der Waals surface area contributed by atoms with Crippen LogP contribution in [-0.2, 0) is 14.4 Å². The summed E-state index contributed by atoms with van der Waals surface area (Å²) in [7, 11) is 0. The molecule has 0 aliphatic rings. The van der Waals surface area contributed by atoms with Gasteiger partial charge >= 0.3 is 17.9 Å². The molecule has 156 valence electrons. The molecule has 0 atom stereocenters. The Morgan fingerprint density at radius 2 is 1.11 bits per heavy atom. The van der Waals surface area contributed by atoms with Gasteiger partial charge in [-0.25, -0.2) is 0 Å². The lowest BCUT2D eigenvalue weighted by Crippen LogP contribution is -2.52. The first-order valence-electron chi connectivity index (χ1n) is 9.97. The summed E-state index contributed by atoms with van der Waals surface area (Å²) < 4.78 is 0.247. The molecule has 0 radical (unpaired) electrons. The average molecular weight is 387 g/mol. The van der Waals surface area contributed by atoms with Gasteiger partial charge in [-0.05, 0) is 32.1 Å². The van der Waals surface area contributed by atoms with E-state index in [1.165, 1.54) is 12.8 Å². The maximum atomic E-state index is 11.0. The van der Waals surface area contributed by atoms with Crippen molar-refractivity contribution >= 4 is 17.9 Å². The Labute approximate surface area is 162 Å². The molecule has 27 heavy (non-hydrogen) atoms. The first-order chi connectivity index (χ1) is 12.8. The zero-order chi connectivity index (χ0) is 20.5. The van der Waals surface area contributed by atoms with Crippen LogP contribution in [0, 0.1) is 0 Å². The highest BCUT2D eigenvalue weighted by Gasteiger charge is 2.29. The lowest BCUT2D eigenvalue weighted by molar-refractivity contribution is -0.927. The van der Waals surface area contributed by atoms with E-state index in [2.05, 4.69) is 19.1 Å². The number of nitrogens with zero attached hydrogens (tertiary/aromatic N) is 1. The van der Waals surface area contributed by atoms with Crippen molar-refractivity contribution in [3.63, 3.8) is 0 Å². The summed E-state index contributed by atoms with van der Waals surface area (Å²) in [6.45, 7) is 3.59. The molecule has 0 unspecified atom stereocenters. The van der Waals surface area contributed by atoms with Gasteiger partial charge in [-0.1, -0.05) is 31.9 Å². The van der Waals surface area contributed by atoms with Crippen molar-refractivity contribution in [2.75, 3.05) is 26.2 Å². The Bertz CT molecular complexity index is 430. The molecule has 0 spiro atoms. The van der Waals surface area contributed by atoms with Crippen molar-refractivity contribution in [1.82, 2.24) is 0 Å². The van der Waals surface area contributed by atoms with Crippen LogP contribution < -0.4 is 0 Å². The molecule has 0 aliphatic carbocycles. The van der Waals surface area contributed by atoms with Crippen LogP contribution in [0.3, 0.4) is 0 Å². The quantitative estimate of drug-likeness (QED) is 0.189. The summed E-state index contributed by atoms with van der Waals surface area (Å²) in [5, 5.41) is 27.0. The molecular formula is C20H36NO6+. The van der Waals surface area contributed by atoms with Gasteiger partial charge in [-0.3, -0.25) is 14.4 Å². The maximum absolute atomic E-state index is 11.0. The highest BCUT2D eigenvalue weighted by atomic mass is 16.4. The highest BCUT2D eigenvalue weighted by Crippen LogP contribution is 2.16. The average Bonchev–Trinajstić information content (AvgIpc) is 2.61. The van der Waals surface area contributed by atoms with Gasteiger partial charge in [-0.2, -0.15) is 0 Å². The second-order valence-corrected chi connectivity index (χ2v) is 7.13. The molecule has 3 N–H and O–H groups in total. The molecule has 0 saturated carbocycles. The molecule has 0 fully saturated rings. The van der Waals surface area contributed by atoms with Gasteiger partial charge in [0.05, 0.1) is 45.4 Å². The van der Waals surface area contributed by atoms with Crippen molar-refractivity contribution in [1.29, 1.82) is 0 Å². The van der Waals surface area contributed by atoms with Crippen molar-refractivity contribution < 1.29 is 34.2 Å². The summed E-state index contributed by atoms with van der Waals surface area (Å²) in [5.41, 5.74) is 0. The Kier molecular flexibility index (Phi) is 14.1. The van der Waals surface area contributed by atoms with E-state index < -0.39 is 17.9 Å². The largest absolute Gasteiger partial charge is 0.481 e. The molecule has 0 aromatic rings. The van der Waals surface area contributed by atoms with E-state index in [0.29, 0.717) is 6.54 Å². The smallest absolute Gasteiger partial charge is 0.309 e. The van der Waals surface area contributed by atoms with Crippen molar-refractivity contribution in [3.05, 3.63) is 12.2 Å². The number of carboxylic acid groups (broad SMARTS) is 3. The molecule has 0 aromatic carbocycles. The van der Waals surface area contributed by atoms with Crippen LogP contribution >= 0.6 is 0 Å². The fourth-order valence-corrected chi connectivity index (χ4v) is 3.11. The molecular weight excluding hydrogens is 350 g/mol. The summed E-state index contributed by atoms with van der Waals surface area (Å²) in [4.78, 5) is 33.0. The third-order valence-corrected chi connectivity index (χ3v) is 4.79. The predicted molar refractivity (Wildman–Crippen MR) is 104 cm³/mol. The Balaban J connectivity index is 4.62. The third-order valence-electron chi connectivity index (χ3n) is 4.79. The van der Waals surface area contributed by atoms with Crippen LogP contribution in [-0.4, -0.2) is 63.9 Å². The highest BCUT2D eigenvalue weighted by molar-refractivity contribution is 5.67. The van der Waals surface area contributed by atoms with Gasteiger partial charge < -0.3 is 19.8 Å². The number of aliphatic carboxylic acids is 3.